The van der Waals surface area contributed by atoms with E-state index in [-0.39, 0.29) is 5.91 Å². The number of carbonyl (C=O) groups excluding carboxylic acids is 1. The Labute approximate surface area is 159 Å². The van der Waals surface area contributed by atoms with Gasteiger partial charge in [-0.05, 0) is 30.8 Å². The molecule has 7 heteroatoms. The van der Waals surface area contributed by atoms with Crippen LogP contribution in [-0.2, 0) is 0 Å². The van der Waals surface area contributed by atoms with E-state index in [1.807, 2.05) is 12.1 Å². The van der Waals surface area contributed by atoms with Gasteiger partial charge in [0.15, 0.2) is 0 Å². The van der Waals surface area contributed by atoms with E-state index < -0.39 is 0 Å². The Morgan fingerprint density at radius 2 is 1.74 bits per heavy atom. The second-order valence-electron chi connectivity index (χ2n) is 6.32. The number of nitrogens with zero attached hydrogens (tertiary/aromatic N) is 3. The lowest BCUT2D eigenvalue weighted by Gasteiger charge is -2.34. The van der Waals surface area contributed by atoms with Crippen molar-refractivity contribution in [3.8, 4) is 11.5 Å². The van der Waals surface area contributed by atoms with Crippen molar-refractivity contribution in [2.45, 2.75) is 6.92 Å². The third-order valence-corrected chi connectivity index (χ3v) is 4.80. The van der Waals surface area contributed by atoms with E-state index in [9.17, 15) is 4.79 Å². The maximum absolute atomic E-state index is 12.7. The molecular formula is C20H26N4O3. The average molecular weight is 370 g/mol. The Morgan fingerprint density at radius 1 is 1.07 bits per heavy atom. The number of ether oxygens (including phenoxy) is 2. The van der Waals surface area contributed by atoms with E-state index in [2.05, 4.69) is 27.0 Å². The highest BCUT2D eigenvalue weighted by Crippen LogP contribution is 2.29. The highest BCUT2D eigenvalue weighted by molar-refractivity contribution is 6.08. The summed E-state index contributed by atoms with van der Waals surface area (Å²) in [5.74, 6) is 1.56. The monoisotopic (exact) mass is 370 g/mol. The van der Waals surface area contributed by atoms with Crippen molar-refractivity contribution in [3.05, 3.63) is 42.1 Å². The van der Waals surface area contributed by atoms with Gasteiger partial charge in [0.05, 0.1) is 26.1 Å². The molecular weight excluding hydrogens is 344 g/mol. The number of likely N-dealkylation sites (N-methyl/N-ethyl adjacent to an activating group) is 1. The molecule has 0 bridgehead atoms. The van der Waals surface area contributed by atoms with Gasteiger partial charge < -0.3 is 24.6 Å². The van der Waals surface area contributed by atoms with E-state index >= 15 is 0 Å². The van der Waals surface area contributed by atoms with E-state index in [1.54, 1.807) is 24.4 Å². The first-order valence-electron chi connectivity index (χ1n) is 9.12. The standard InChI is InChI=1S/C20H26N4O3/c1-4-23-10-12-24(13-11-23)18-9-8-15(14-21-18)22-20(25)19-16(26-2)6-5-7-17(19)27-3/h5-9,14H,4,10-13H2,1-3H3,(H,22,25). The molecule has 0 unspecified atom stereocenters. The van der Waals surface area contributed by atoms with Gasteiger partial charge in [-0.15, -0.1) is 0 Å². The molecule has 1 fully saturated rings. The van der Waals surface area contributed by atoms with Gasteiger partial charge >= 0.3 is 0 Å². The van der Waals surface area contributed by atoms with Gasteiger partial charge in [-0.2, -0.15) is 0 Å². The molecule has 3 rings (SSSR count). The molecule has 0 atom stereocenters. The molecule has 27 heavy (non-hydrogen) atoms. The molecule has 1 aromatic heterocycles. The van der Waals surface area contributed by atoms with Gasteiger partial charge in [0, 0.05) is 26.2 Å². The normalized spacial score (nSPS) is 14.7. The van der Waals surface area contributed by atoms with Crippen LogP contribution >= 0.6 is 0 Å². The molecule has 0 spiro atoms. The Bertz CT molecular complexity index is 749. The van der Waals surface area contributed by atoms with Crippen LogP contribution in [0.25, 0.3) is 0 Å². The summed E-state index contributed by atoms with van der Waals surface area (Å²) in [7, 11) is 3.06. The van der Waals surface area contributed by atoms with Crippen LogP contribution in [0.1, 0.15) is 17.3 Å². The number of pyridine rings is 1. The number of amides is 1. The van der Waals surface area contributed by atoms with Gasteiger partial charge in [-0.1, -0.05) is 13.0 Å². The molecule has 1 N–H and O–H groups in total. The molecule has 2 aromatic rings. The minimum atomic E-state index is -0.296. The number of nitrogens with one attached hydrogen (secondary N) is 1. The number of hydrogen-bond acceptors (Lipinski definition) is 6. The quantitative estimate of drug-likeness (QED) is 0.843. The van der Waals surface area contributed by atoms with Gasteiger partial charge in [0.2, 0.25) is 0 Å². The van der Waals surface area contributed by atoms with E-state index in [1.165, 1.54) is 14.2 Å². The Balaban J connectivity index is 1.69. The van der Waals surface area contributed by atoms with Crippen molar-refractivity contribution < 1.29 is 14.3 Å². The summed E-state index contributed by atoms with van der Waals surface area (Å²) < 4.78 is 10.6. The Kier molecular flexibility index (Phi) is 6.13. The van der Waals surface area contributed by atoms with Crippen LogP contribution in [0.5, 0.6) is 11.5 Å². The lowest BCUT2D eigenvalue weighted by atomic mass is 10.1. The number of benzene rings is 1. The summed E-state index contributed by atoms with van der Waals surface area (Å²) in [5.41, 5.74) is 0.992. The van der Waals surface area contributed by atoms with Gasteiger partial charge in [-0.3, -0.25) is 4.79 Å². The lowest BCUT2D eigenvalue weighted by molar-refractivity contribution is 0.102. The molecule has 0 radical (unpaired) electrons. The predicted molar refractivity (Wildman–Crippen MR) is 106 cm³/mol. The molecule has 1 aromatic carbocycles. The van der Waals surface area contributed by atoms with Crippen LogP contribution in [0.2, 0.25) is 0 Å². The zero-order valence-corrected chi connectivity index (χ0v) is 16.1. The van der Waals surface area contributed by atoms with E-state index in [0.29, 0.717) is 22.7 Å². The molecule has 1 saturated heterocycles. The topological polar surface area (TPSA) is 66.9 Å². The first-order chi connectivity index (χ1) is 13.2. The second-order valence-corrected chi connectivity index (χ2v) is 6.32. The number of anilines is 2. The van der Waals surface area contributed by atoms with Crippen molar-refractivity contribution in [2.24, 2.45) is 0 Å². The first-order valence-corrected chi connectivity index (χ1v) is 9.12. The highest BCUT2D eigenvalue weighted by atomic mass is 16.5. The zero-order chi connectivity index (χ0) is 19.2. The fourth-order valence-electron chi connectivity index (χ4n) is 3.21. The lowest BCUT2D eigenvalue weighted by Crippen LogP contribution is -2.46. The molecule has 0 aliphatic carbocycles. The summed E-state index contributed by atoms with van der Waals surface area (Å²) in [6.07, 6.45) is 1.68. The smallest absolute Gasteiger partial charge is 0.263 e. The fraction of sp³-hybridized carbons (Fsp3) is 0.400. The van der Waals surface area contributed by atoms with Crippen LogP contribution in [0.4, 0.5) is 11.5 Å². The summed E-state index contributed by atoms with van der Waals surface area (Å²) in [6, 6.07) is 9.05. The first kappa shape index (κ1) is 19.0. The Hall–Kier alpha value is -2.80. The van der Waals surface area contributed by atoms with Crippen LogP contribution in [-0.4, -0.2) is 62.7 Å². The third kappa shape index (κ3) is 4.31. The van der Waals surface area contributed by atoms with Crippen LogP contribution in [0.15, 0.2) is 36.5 Å². The molecule has 7 nitrogen and oxygen atoms in total. The summed E-state index contributed by atoms with van der Waals surface area (Å²) in [6.45, 7) is 7.28. The third-order valence-electron chi connectivity index (χ3n) is 4.80. The maximum Gasteiger partial charge on any atom is 0.263 e. The summed E-state index contributed by atoms with van der Waals surface area (Å²) >= 11 is 0. The second kappa shape index (κ2) is 8.73. The number of carbonyl (C=O) groups is 1. The van der Waals surface area contributed by atoms with E-state index in [0.717, 1.165) is 38.5 Å². The van der Waals surface area contributed by atoms with Crippen LogP contribution in [0.3, 0.4) is 0 Å². The molecule has 0 saturated carbocycles. The SMILES string of the molecule is CCN1CCN(c2ccc(NC(=O)c3c(OC)cccc3OC)cn2)CC1. The minimum absolute atomic E-state index is 0.296. The van der Waals surface area contributed by atoms with Crippen LogP contribution < -0.4 is 19.7 Å². The molecule has 1 aliphatic rings. The molecule has 1 amide bonds. The number of rotatable bonds is 6. The number of hydrogen-bond donors (Lipinski definition) is 1. The van der Waals surface area contributed by atoms with Crippen molar-refractivity contribution in [2.75, 3.05) is 57.2 Å². The molecule has 144 valence electrons. The van der Waals surface area contributed by atoms with Gasteiger partial charge in [-0.25, -0.2) is 4.98 Å². The van der Waals surface area contributed by atoms with Crippen molar-refractivity contribution in [3.63, 3.8) is 0 Å². The molecule has 2 heterocycles. The summed E-state index contributed by atoms with van der Waals surface area (Å²) in [5, 5.41) is 2.87. The largest absolute Gasteiger partial charge is 0.496 e. The number of aromatic nitrogens is 1. The number of piperazine rings is 1. The van der Waals surface area contributed by atoms with Gasteiger partial charge in [0.25, 0.3) is 5.91 Å². The minimum Gasteiger partial charge on any atom is -0.496 e. The van der Waals surface area contributed by atoms with Crippen molar-refractivity contribution in [1.82, 2.24) is 9.88 Å². The Morgan fingerprint density at radius 3 is 2.26 bits per heavy atom. The summed E-state index contributed by atoms with van der Waals surface area (Å²) in [4.78, 5) is 21.9. The van der Waals surface area contributed by atoms with Crippen molar-refractivity contribution >= 4 is 17.4 Å². The van der Waals surface area contributed by atoms with Gasteiger partial charge in [0.1, 0.15) is 22.9 Å². The maximum atomic E-state index is 12.7. The number of methoxy groups -OCH3 is 2. The molecule has 1 aliphatic heterocycles. The predicted octanol–water partition coefficient (Wildman–Crippen LogP) is 2.49. The zero-order valence-electron chi connectivity index (χ0n) is 16.1. The highest BCUT2D eigenvalue weighted by Gasteiger charge is 2.19. The van der Waals surface area contributed by atoms with E-state index in [4.69, 9.17) is 9.47 Å². The average Bonchev–Trinajstić information content (AvgIpc) is 2.73. The fourth-order valence-corrected chi connectivity index (χ4v) is 3.21. The van der Waals surface area contributed by atoms with Crippen LogP contribution in [0, 0.1) is 0 Å². The van der Waals surface area contributed by atoms with Crippen molar-refractivity contribution in [1.29, 1.82) is 0 Å².